The van der Waals surface area contributed by atoms with Crippen LogP contribution in [0.25, 0.3) is 0 Å². The third-order valence-electron chi connectivity index (χ3n) is 1.93. The molecular formula is C9H18O5S. The van der Waals surface area contributed by atoms with E-state index in [1.54, 1.807) is 0 Å². The van der Waals surface area contributed by atoms with Crippen molar-refractivity contribution >= 4 is 16.4 Å². The van der Waals surface area contributed by atoms with Crippen LogP contribution in [0.3, 0.4) is 0 Å². The zero-order valence-corrected chi connectivity index (χ0v) is 9.75. The molecule has 0 aromatic rings. The van der Waals surface area contributed by atoms with E-state index in [0.29, 0.717) is 6.42 Å². The van der Waals surface area contributed by atoms with Crippen LogP contribution in [-0.4, -0.2) is 18.9 Å². The van der Waals surface area contributed by atoms with Crippen LogP contribution in [0.1, 0.15) is 51.9 Å². The van der Waals surface area contributed by atoms with Gasteiger partial charge in [0.15, 0.2) is 0 Å². The number of unbranched alkanes of at least 4 members (excludes halogenated alkanes) is 5. The number of rotatable bonds is 8. The fourth-order valence-electron chi connectivity index (χ4n) is 1.21. The van der Waals surface area contributed by atoms with Gasteiger partial charge in [0, 0.05) is 6.42 Å². The second-order valence-electron chi connectivity index (χ2n) is 3.40. The van der Waals surface area contributed by atoms with Crippen molar-refractivity contribution in [2.75, 3.05) is 0 Å². The number of hydrogen-bond donors (Lipinski definition) is 1. The van der Waals surface area contributed by atoms with Gasteiger partial charge in [-0.3, -0.25) is 9.35 Å². The van der Waals surface area contributed by atoms with E-state index in [9.17, 15) is 13.2 Å². The summed E-state index contributed by atoms with van der Waals surface area (Å²) in [5, 5.41) is 0. The zero-order valence-electron chi connectivity index (χ0n) is 8.94. The summed E-state index contributed by atoms with van der Waals surface area (Å²) in [6, 6.07) is 0. The Bertz CT molecular complexity index is 270. The van der Waals surface area contributed by atoms with E-state index in [-0.39, 0.29) is 6.42 Å². The lowest BCUT2D eigenvalue weighted by Gasteiger charge is -2.00. The summed E-state index contributed by atoms with van der Waals surface area (Å²) in [4.78, 5) is 10.8. The van der Waals surface area contributed by atoms with Crippen molar-refractivity contribution in [2.45, 2.75) is 51.9 Å². The Morgan fingerprint density at radius 2 is 1.67 bits per heavy atom. The van der Waals surface area contributed by atoms with Gasteiger partial charge < -0.3 is 4.18 Å². The first-order chi connectivity index (χ1) is 6.95. The highest BCUT2D eigenvalue weighted by molar-refractivity contribution is 7.81. The molecule has 0 spiro atoms. The topological polar surface area (TPSA) is 80.7 Å². The summed E-state index contributed by atoms with van der Waals surface area (Å²) in [6.07, 6.45) is 6.00. The smallest absolute Gasteiger partial charge is 0.325 e. The second kappa shape index (κ2) is 7.64. The minimum absolute atomic E-state index is 0.0336. The fourth-order valence-corrected chi connectivity index (χ4v) is 1.53. The third kappa shape index (κ3) is 11.3. The van der Waals surface area contributed by atoms with Crippen LogP contribution < -0.4 is 0 Å². The average Bonchev–Trinajstić information content (AvgIpc) is 2.08. The van der Waals surface area contributed by atoms with Crippen molar-refractivity contribution in [3.05, 3.63) is 0 Å². The first-order valence-corrected chi connectivity index (χ1v) is 6.52. The molecule has 0 aliphatic carbocycles. The maximum Gasteiger partial charge on any atom is 0.448 e. The minimum Gasteiger partial charge on any atom is -0.325 e. The molecule has 0 saturated heterocycles. The Balaban J connectivity index is 3.40. The van der Waals surface area contributed by atoms with Crippen molar-refractivity contribution in [3.8, 4) is 0 Å². The molecule has 90 valence electrons. The van der Waals surface area contributed by atoms with Crippen LogP contribution in [-0.2, 0) is 19.4 Å². The van der Waals surface area contributed by atoms with E-state index >= 15 is 0 Å². The van der Waals surface area contributed by atoms with Crippen molar-refractivity contribution in [2.24, 2.45) is 0 Å². The van der Waals surface area contributed by atoms with Crippen LogP contribution >= 0.6 is 0 Å². The molecule has 0 bridgehead atoms. The molecule has 0 aromatic heterocycles. The summed E-state index contributed by atoms with van der Waals surface area (Å²) < 4.78 is 32.2. The Morgan fingerprint density at radius 1 is 1.13 bits per heavy atom. The molecule has 15 heavy (non-hydrogen) atoms. The summed E-state index contributed by atoms with van der Waals surface area (Å²) in [7, 11) is -4.62. The Kier molecular flexibility index (Phi) is 7.33. The molecule has 5 nitrogen and oxygen atoms in total. The summed E-state index contributed by atoms with van der Waals surface area (Å²) >= 11 is 0. The van der Waals surface area contributed by atoms with Crippen molar-refractivity contribution in [1.82, 2.24) is 0 Å². The molecule has 0 amide bonds. The van der Waals surface area contributed by atoms with Crippen LogP contribution in [0.15, 0.2) is 0 Å². The monoisotopic (exact) mass is 238 g/mol. The maximum atomic E-state index is 10.8. The SMILES string of the molecule is CCCCCCCCC(=O)OS(=O)(=O)O. The minimum atomic E-state index is -4.62. The zero-order chi connectivity index (χ0) is 11.7. The largest absolute Gasteiger partial charge is 0.448 e. The van der Waals surface area contributed by atoms with Gasteiger partial charge in [0.1, 0.15) is 0 Å². The predicted octanol–water partition coefficient (Wildman–Crippen LogP) is 2.08. The molecule has 0 rings (SSSR count). The van der Waals surface area contributed by atoms with Gasteiger partial charge in [-0.05, 0) is 6.42 Å². The van der Waals surface area contributed by atoms with E-state index in [0.717, 1.165) is 25.7 Å². The molecular weight excluding hydrogens is 220 g/mol. The molecule has 6 heteroatoms. The van der Waals surface area contributed by atoms with Crippen molar-refractivity contribution in [1.29, 1.82) is 0 Å². The molecule has 0 aliphatic rings. The van der Waals surface area contributed by atoms with E-state index in [2.05, 4.69) is 11.1 Å². The average molecular weight is 238 g/mol. The Hall–Kier alpha value is -0.620. The number of carbonyl (C=O) groups excluding carboxylic acids is 1. The van der Waals surface area contributed by atoms with Crippen LogP contribution in [0.2, 0.25) is 0 Å². The Morgan fingerprint density at radius 3 is 2.20 bits per heavy atom. The normalized spacial score (nSPS) is 11.3. The molecule has 0 saturated carbocycles. The molecule has 0 radical (unpaired) electrons. The van der Waals surface area contributed by atoms with Gasteiger partial charge in [-0.25, -0.2) is 0 Å². The lowest BCUT2D eigenvalue weighted by molar-refractivity contribution is -0.134. The fraction of sp³-hybridized carbons (Fsp3) is 0.889. The number of hydrogen-bond acceptors (Lipinski definition) is 4. The van der Waals surface area contributed by atoms with Crippen molar-refractivity contribution in [3.63, 3.8) is 0 Å². The standard InChI is InChI=1S/C9H18O5S/c1-2-3-4-5-6-7-8-9(10)14-15(11,12)13/h2-8H2,1H3,(H,11,12,13). The van der Waals surface area contributed by atoms with Gasteiger partial charge >= 0.3 is 16.4 Å². The van der Waals surface area contributed by atoms with Gasteiger partial charge in [-0.1, -0.05) is 39.0 Å². The van der Waals surface area contributed by atoms with Crippen LogP contribution in [0.5, 0.6) is 0 Å². The van der Waals surface area contributed by atoms with E-state index in [4.69, 9.17) is 4.55 Å². The van der Waals surface area contributed by atoms with Gasteiger partial charge in [0.25, 0.3) is 0 Å². The van der Waals surface area contributed by atoms with E-state index in [1.165, 1.54) is 6.42 Å². The molecule has 0 unspecified atom stereocenters. The number of carbonyl (C=O) groups is 1. The van der Waals surface area contributed by atoms with E-state index < -0.39 is 16.4 Å². The second-order valence-corrected chi connectivity index (χ2v) is 4.42. The molecule has 0 atom stereocenters. The molecule has 0 aliphatic heterocycles. The highest BCUT2D eigenvalue weighted by Crippen LogP contribution is 2.07. The van der Waals surface area contributed by atoms with Gasteiger partial charge in [0.2, 0.25) is 0 Å². The predicted molar refractivity (Wildman–Crippen MR) is 55.6 cm³/mol. The molecule has 0 aromatic carbocycles. The lowest BCUT2D eigenvalue weighted by Crippen LogP contribution is -2.11. The lowest BCUT2D eigenvalue weighted by atomic mass is 10.1. The van der Waals surface area contributed by atoms with E-state index in [1.807, 2.05) is 0 Å². The Labute approximate surface area is 90.8 Å². The highest BCUT2D eigenvalue weighted by atomic mass is 32.3. The summed E-state index contributed by atoms with van der Waals surface area (Å²) in [5.41, 5.74) is 0. The third-order valence-corrected chi connectivity index (χ3v) is 2.33. The highest BCUT2D eigenvalue weighted by Gasteiger charge is 2.11. The van der Waals surface area contributed by atoms with Crippen LogP contribution in [0.4, 0.5) is 0 Å². The first-order valence-electron chi connectivity index (χ1n) is 5.15. The van der Waals surface area contributed by atoms with Gasteiger partial charge in [0.05, 0.1) is 0 Å². The maximum absolute atomic E-state index is 10.8. The van der Waals surface area contributed by atoms with Crippen LogP contribution in [0, 0.1) is 0 Å². The molecule has 0 heterocycles. The van der Waals surface area contributed by atoms with Gasteiger partial charge in [-0.2, -0.15) is 8.42 Å². The quantitative estimate of drug-likeness (QED) is 0.517. The summed E-state index contributed by atoms with van der Waals surface area (Å²) in [6.45, 7) is 2.11. The molecule has 0 fully saturated rings. The first kappa shape index (κ1) is 14.4. The molecule has 1 N–H and O–H groups in total. The van der Waals surface area contributed by atoms with Crippen molar-refractivity contribution < 1.29 is 21.9 Å². The summed E-state index contributed by atoms with van der Waals surface area (Å²) in [5.74, 6) is -0.895. The van der Waals surface area contributed by atoms with Gasteiger partial charge in [-0.15, -0.1) is 0 Å².